The molecule has 0 aromatic carbocycles. The van der Waals surface area contributed by atoms with Gasteiger partial charge < -0.3 is 10.4 Å². The summed E-state index contributed by atoms with van der Waals surface area (Å²) in [5.41, 5.74) is 0.487. The molecule has 0 saturated heterocycles. The van der Waals surface area contributed by atoms with Gasteiger partial charge in [0.25, 0.3) is 11.5 Å². The summed E-state index contributed by atoms with van der Waals surface area (Å²) in [5.74, 6) is -0.379. The molecule has 0 aliphatic heterocycles. The van der Waals surface area contributed by atoms with Crippen molar-refractivity contribution in [1.29, 1.82) is 0 Å². The number of amides is 1. The van der Waals surface area contributed by atoms with Gasteiger partial charge in [0.15, 0.2) is 4.96 Å². The van der Waals surface area contributed by atoms with Crippen LogP contribution in [-0.2, 0) is 0 Å². The number of aliphatic hydroxyl groups is 1. The van der Waals surface area contributed by atoms with Crippen molar-refractivity contribution in [1.82, 2.24) is 14.7 Å². The van der Waals surface area contributed by atoms with Crippen LogP contribution < -0.4 is 10.9 Å². The molecule has 6 nitrogen and oxygen atoms in total. The van der Waals surface area contributed by atoms with E-state index in [4.69, 9.17) is 0 Å². The van der Waals surface area contributed by atoms with Crippen molar-refractivity contribution in [3.8, 4) is 0 Å². The molecular formula is C17H23N3O3S. The fourth-order valence-electron chi connectivity index (χ4n) is 3.60. The van der Waals surface area contributed by atoms with Crippen LogP contribution >= 0.6 is 11.3 Å². The maximum Gasteiger partial charge on any atom is 0.271 e. The number of hydrogen-bond donors (Lipinski definition) is 2. The predicted molar refractivity (Wildman–Crippen MR) is 93.6 cm³/mol. The van der Waals surface area contributed by atoms with Crippen molar-refractivity contribution in [3.05, 3.63) is 33.2 Å². The maximum atomic E-state index is 12.5. The van der Waals surface area contributed by atoms with Gasteiger partial charge in [-0.15, -0.1) is 11.3 Å². The lowest BCUT2D eigenvalue weighted by molar-refractivity contribution is 0.0867. The topological polar surface area (TPSA) is 83.7 Å². The van der Waals surface area contributed by atoms with Gasteiger partial charge in [-0.2, -0.15) is 0 Å². The van der Waals surface area contributed by atoms with E-state index in [1.165, 1.54) is 28.4 Å². The molecule has 3 rings (SSSR count). The SMILES string of the molecule is Cc1csc2ncc(C(=O)NCC3(CCO)CCCCC3)c(=O)n12. The first-order valence-electron chi connectivity index (χ1n) is 8.41. The zero-order valence-corrected chi connectivity index (χ0v) is 14.7. The minimum Gasteiger partial charge on any atom is -0.396 e. The molecule has 0 spiro atoms. The maximum absolute atomic E-state index is 12.5. The number of thiazole rings is 1. The molecule has 0 unspecified atom stereocenters. The number of fused-ring (bicyclic) bond motifs is 1. The van der Waals surface area contributed by atoms with E-state index in [2.05, 4.69) is 10.3 Å². The minimum absolute atomic E-state index is 0.0469. The largest absolute Gasteiger partial charge is 0.396 e. The van der Waals surface area contributed by atoms with E-state index in [0.717, 1.165) is 31.4 Å². The number of aliphatic hydroxyl groups excluding tert-OH is 1. The van der Waals surface area contributed by atoms with Crippen molar-refractivity contribution < 1.29 is 9.90 Å². The molecule has 2 aromatic heterocycles. The molecule has 130 valence electrons. The normalized spacial score (nSPS) is 17.1. The van der Waals surface area contributed by atoms with E-state index in [-0.39, 0.29) is 29.1 Å². The summed E-state index contributed by atoms with van der Waals surface area (Å²) in [6.45, 7) is 2.45. The van der Waals surface area contributed by atoms with Crippen LogP contribution in [0.4, 0.5) is 0 Å². The number of nitrogens with one attached hydrogen (secondary N) is 1. The van der Waals surface area contributed by atoms with Gasteiger partial charge in [0, 0.05) is 30.4 Å². The second-order valence-corrected chi connectivity index (χ2v) is 7.53. The molecule has 24 heavy (non-hydrogen) atoms. The molecule has 0 atom stereocenters. The van der Waals surface area contributed by atoms with E-state index in [0.29, 0.717) is 17.9 Å². The van der Waals surface area contributed by atoms with Gasteiger partial charge in [0.2, 0.25) is 0 Å². The first-order valence-corrected chi connectivity index (χ1v) is 9.29. The summed E-state index contributed by atoms with van der Waals surface area (Å²) < 4.78 is 1.48. The van der Waals surface area contributed by atoms with E-state index in [1.807, 2.05) is 12.3 Å². The Bertz CT molecular complexity index is 784. The Balaban J connectivity index is 1.78. The molecule has 1 amide bonds. The lowest BCUT2D eigenvalue weighted by atomic mass is 9.72. The van der Waals surface area contributed by atoms with E-state index < -0.39 is 0 Å². The Morgan fingerprint density at radius 2 is 2.17 bits per heavy atom. The number of aryl methyl sites for hydroxylation is 1. The predicted octanol–water partition coefficient (Wildman–Crippen LogP) is 2.13. The van der Waals surface area contributed by atoms with Crippen molar-refractivity contribution in [2.45, 2.75) is 45.4 Å². The average Bonchev–Trinajstić information content (AvgIpc) is 2.96. The summed E-state index contributed by atoms with van der Waals surface area (Å²) in [5, 5.41) is 14.1. The van der Waals surface area contributed by atoms with Crippen LogP contribution in [0.5, 0.6) is 0 Å². The van der Waals surface area contributed by atoms with Gasteiger partial charge in [0.1, 0.15) is 5.56 Å². The number of aromatic nitrogens is 2. The fraction of sp³-hybridized carbons (Fsp3) is 0.588. The Morgan fingerprint density at radius 1 is 1.42 bits per heavy atom. The van der Waals surface area contributed by atoms with E-state index in [9.17, 15) is 14.7 Å². The van der Waals surface area contributed by atoms with Crippen molar-refractivity contribution in [3.63, 3.8) is 0 Å². The molecule has 2 heterocycles. The Kier molecular flexibility index (Phi) is 5.01. The molecular weight excluding hydrogens is 326 g/mol. The van der Waals surface area contributed by atoms with Gasteiger partial charge in [-0.1, -0.05) is 19.3 Å². The monoisotopic (exact) mass is 349 g/mol. The third-order valence-corrected chi connectivity index (χ3v) is 6.00. The highest BCUT2D eigenvalue weighted by atomic mass is 32.1. The van der Waals surface area contributed by atoms with Crippen LogP contribution in [-0.4, -0.2) is 33.6 Å². The molecule has 0 bridgehead atoms. The number of carbonyl (C=O) groups excluding carboxylic acids is 1. The van der Waals surface area contributed by atoms with Crippen molar-refractivity contribution in [2.75, 3.05) is 13.2 Å². The third-order valence-electron chi connectivity index (χ3n) is 5.04. The number of nitrogens with zero attached hydrogens (tertiary/aromatic N) is 2. The fourth-order valence-corrected chi connectivity index (χ4v) is 4.43. The Hall–Kier alpha value is -1.73. The number of rotatable bonds is 5. The van der Waals surface area contributed by atoms with Gasteiger partial charge in [0.05, 0.1) is 0 Å². The molecule has 2 N–H and O–H groups in total. The minimum atomic E-state index is -0.379. The highest BCUT2D eigenvalue weighted by Gasteiger charge is 2.32. The van der Waals surface area contributed by atoms with E-state index in [1.54, 1.807) is 0 Å². The van der Waals surface area contributed by atoms with E-state index >= 15 is 0 Å². The molecule has 1 aliphatic carbocycles. The van der Waals surface area contributed by atoms with Crippen LogP contribution in [0.1, 0.15) is 54.6 Å². The summed E-state index contributed by atoms with van der Waals surface area (Å²) in [7, 11) is 0. The van der Waals surface area contributed by atoms with Crippen LogP contribution in [0.3, 0.4) is 0 Å². The van der Waals surface area contributed by atoms with Crippen molar-refractivity contribution >= 4 is 22.2 Å². The van der Waals surface area contributed by atoms with Gasteiger partial charge in [-0.05, 0) is 31.6 Å². The molecule has 1 saturated carbocycles. The highest BCUT2D eigenvalue weighted by Crippen LogP contribution is 2.38. The zero-order chi connectivity index (χ0) is 17.2. The third kappa shape index (κ3) is 3.23. The Labute approximate surface area is 144 Å². The summed E-state index contributed by atoms with van der Waals surface area (Å²) >= 11 is 1.38. The zero-order valence-electron chi connectivity index (χ0n) is 13.9. The summed E-state index contributed by atoms with van der Waals surface area (Å²) in [4.78, 5) is 29.9. The first-order chi connectivity index (χ1) is 11.6. The lowest BCUT2D eigenvalue weighted by Crippen LogP contribution is -2.41. The quantitative estimate of drug-likeness (QED) is 0.866. The first kappa shape index (κ1) is 17.1. The Morgan fingerprint density at radius 3 is 2.88 bits per heavy atom. The van der Waals surface area contributed by atoms with Gasteiger partial charge in [-0.25, -0.2) is 4.98 Å². The van der Waals surface area contributed by atoms with Crippen LogP contribution in [0.2, 0.25) is 0 Å². The smallest absolute Gasteiger partial charge is 0.271 e. The number of hydrogen-bond acceptors (Lipinski definition) is 5. The molecule has 1 fully saturated rings. The lowest BCUT2D eigenvalue weighted by Gasteiger charge is -2.37. The molecule has 7 heteroatoms. The second kappa shape index (κ2) is 7.03. The van der Waals surface area contributed by atoms with Gasteiger partial charge >= 0.3 is 0 Å². The second-order valence-electron chi connectivity index (χ2n) is 6.69. The molecule has 2 aromatic rings. The summed E-state index contributed by atoms with van der Waals surface area (Å²) in [6, 6.07) is 0. The standard InChI is InChI=1S/C17H23N3O3S/c1-12-10-24-16-18-9-13(15(23)20(12)16)14(22)19-11-17(7-8-21)5-3-2-4-6-17/h9-10,21H,2-8,11H2,1H3,(H,19,22). The molecule has 1 aliphatic rings. The number of carbonyl (C=O) groups is 1. The van der Waals surface area contributed by atoms with Gasteiger partial charge in [-0.3, -0.25) is 14.0 Å². The summed E-state index contributed by atoms with van der Waals surface area (Å²) in [6.07, 6.45) is 7.53. The molecule has 0 radical (unpaired) electrons. The van der Waals surface area contributed by atoms with Crippen LogP contribution in [0.25, 0.3) is 4.96 Å². The van der Waals surface area contributed by atoms with Crippen LogP contribution in [0.15, 0.2) is 16.4 Å². The van der Waals surface area contributed by atoms with Crippen LogP contribution in [0, 0.1) is 12.3 Å². The average molecular weight is 349 g/mol. The highest BCUT2D eigenvalue weighted by molar-refractivity contribution is 7.15. The van der Waals surface area contributed by atoms with Crippen molar-refractivity contribution in [2.24, 2.45) is 5.41 Å².